The SMILES string of the molecule is N=c1c2c(ncn1-c1ccc(F)cc1F)Oc1cc(F)cc(F)c1C2. The Labute approximate surface area is 138 Å². The van der Waals surface area contributed by atoms with Crippen molar-refractivity contribution < 1.29 is 22.3 Å². The third kappa shape index (κ3) is 2.46. The van der Waals surface area contributed by atoms with Gasteiger partial charge in [0.05, 0.1) is 11.3 Å². The molecule has 0 atom stereocenters. The third-order valence-corrected chi connectivity index (χ3v) is 3.92. The van der Waals surface area contributed by atoms with Crippen molar-refractivity contribution in [2.24, 2.45) is 0 Å². The molecule has 1 aliphatic rings. The molecule has 1 N–H and O–H groups in total. The molecule has 3 aromatic rings. The first kappa shape index (κ1) is 15.4. The summed E-state index contributed by atoms with van der Waals surface area (Å²) in [6.07, 6.45) is 1.07. The van der Waals surface area contributed by atoms with E-state index in [9.17, 15) is 17.6 Å². The zero-order valence-corrected chi connectivity index (χ0v) is 12.5. The van der Waals surface area contributed by atoms with Crippen LogP contribution in [0.2, 0.25) is 0 Å². The molecule has 2 aromatic carbocycles. The van der Waals surface area contributed by atoms with E-state index in [1.54, 1.807) is 0 Å². The summed E-state index contributed by atoms with van der Waals surface area (Å²) < 4.78 is 60.8. The summed E-state index contributed by atoms with van der Waals surface area (Å²) in [5.41, 5.74) is 0.0303. The van der Waals surface area contributed by atoms with Gasteiger partial charge in [-0.05, 0) is 12.1 Å². The normalized spacial score (nSPS) is 12.3. The summed E-state index contributed by atoms with van der Waals surface area (Å²) in [7, 11) is 0. The van der Waals surface area contributed by atoms with Crippen molar-refractivity contribution in [3.8, 4) is 17.3 Å². The minimum Gasteiger partial charge on any atom is -0.438 e. The van der Waals surface area contributed by atoms with Gasteiger partial charge in [-0.25, -0.2) is 22.5 Å². The lowest BCUT2D eigenvalue weighted by molar-refractivity contribution is 0.419. The highest BCUT2D eigenvalue weighted by atomic mass is 19.1. The number of hydrogen-bond acceptors (Lipinski definition) is 3. The van der Waals surface area contributed by atoms with Crippen molar-refractivity contribution in [2.45, 2.75) is 6.42 Å². The second kappa shape index (κ2) is 5.44. The van der Waals surface area contributed by atoms with Crippen LogP contribution in [0.1, 0.15) is 11.1 Å². The van der Waals surface area contributed by atoms with Gasteiger partial charge in [-0.1, -0.05) is 0 Å². The summed E-state index contributed by atoms with van der Waals surface area (Å²) in [4.78, 5) is 3.99. The fraction of sp³-hybridized carbons (Fsp3) is 0.0588. The second-order valence-corrected chi connectivity index (χ2v) is 5.49. The Morgan fingerprint density at radius 1 is 0.960 bits per heavy atom. The van der Waals surface area contributed by atoms with Crippen LogP contribution in [0.15, 0.2) is 36.7 Å². The number of nitrogens with zero attached hydrogens (tertiary/aromatic N) is 2. The first-order chi connectivity index (χ1) is 11.9. The van der Waals surface area contributed by atoms with Gasteiger partial charge in [-0.15, -0.1) is 0 Å². The maximum atomic E-state index is 14.0. The Bertz CT molecular complexity index is 1080. The second-order valence-electron chi connectivity index (χ2n) is 5.49. The molecule has 25 heavy (non-hydrogen) atoms. The van der Waals surface area contributed by atoms with E-state index in [4.69, 9.17) is 10.1 Å². The molecule has 126 valence electrons. The average Bonchev–Trinajstić information content (AvgIpc) is 2.55. The number of rotatable bonds is 1. The van der Waals surface area contributed by atoms with Crippen molar-refractivity contribution in [3.63, 3.8) is 0 Å². The minimum atomic E-state index is -0.870. The van der Waals surface area contributed by atoms with E-state index in [-0.39, 0.29) is 40.4 Å². The predicted octanol–water partition coefficient (Wildman–Crippen LogP) is 3.60. The molecular formula is C17H9F4N3O. The summed E-state index contributed by atoms with van der Waals surface area (Å²) in [6.45, 7) is 0. The topological polar surface area (TPSA) is 50.9 Å². The van der Waals surface area contributed by atoms with Gasteiger partial charge in [-0.3, -0.25) is 9.98 Å². The van der Waals surface area contributed by atoms with Crippen LogP contribution in [-0.4, -0.2) is 9.55 Å². The number of ether oxygens (including phenoxy) is 1. The molecule has 1 aromatic heterocycles. The zero-order valence-electron chi connectivity index (χ0n) is 12.5. The fourth-order valence-electron chi connectivity index (χ4n) is 2.72. The lowest BCUT2D eigenvalue weighted by atomic mass is 10.0. The van der Waals surface area contributed by atoms with Crippen molar-refractivity contribution >= 4 is 0 Å². The van der Waals surface area contributed by atoms with Crippen LogP contribution in [0.4, 0.5) is 17.6 Å². The highest BCUT2D eigenvalue weighted by molar-refractivity contribution is 5.47. The van der Waals surface area contributed by atoms with Gasteiger partial charge in [0, 0.05) is 30.2 Å². The highest BCUT2D eigenvalue weighted by Crippen LogP contribution is 2.35. The number of nitrogens with one attached hydrogen (secondary N) is 1. The largest absolute Gasteiger partial charge is 0.438 e. The molecule has 4 rings (SSSR count). The molecule has 0 saturated carbocycles. The molecule has 0 spiro atoms. The van der Waals surface area contributed by atoms with E-state index in [1.807, 2.05) is 0 Å². The number of benzene rings is 2. The van der Waals surface area contributed by atoms with Gasteiger partial charge >= 0.3 is 0 Å². The van der Waals surface area contributed by atoms with E-state index in [0.717, 1.165) is 29.1 Å². The lowest BCUT2D eigenvalue weighted by Gasteiger charge is -2.21. The molecule has 0 bridgehead atoms. The summed E-state index contributed by atoms with van der Waals surface area (Å²) in [6, 6.07) is 4.67. The van der Waals surface area contributed by atoms with Gasteiger partial charge in [0.1, 0.15) is 40.8 Å². The van der Waals surface area contributed by atoms with Gasteiger partial charge < -0.3 is 4.74 Å². The monoisotopic (exact) mass is 347 g/mol. The van der Waals surface area contributed by atoms with E-state index in [1.165, 1.54) is 6.07 Å². The Morgan fingerprint density at radius 3 is 2.48 bits per heavy atom. The zero-order chi connectivity index (χ0) is 17.7. The quantitative estimate of drug-likeness (QED) is 0.535. The van der Waals surface area contributed by atoms with Gasteiger partial charge in [0.15, 0.2) is 0 Å². The van der Waals surface area contributed by atoms with Crippen LogP contribution >= 0.6 is 0 Å². The summed E-state index contributed by atoms with van der Waals surface area (Å²) >= 11 is 0. The average molecular weight is 347 g/mol. The van der Waals surface area contributed by atoms with Gasteiger partial charge in [0.2, 0.25) is 5.88 Å². The summed E-state index contributed by atoms with van der Waals surface area (Å²) in [5.74, 6) is -3.20. The molecule has 0 radical (unpaired) electrons. The summed E-state index contributed by atoms with van der Waals surface area (Å²) in [5, 5.41) is 8.25. The molecular weight excluding hydrogens is 338 g/mol. The van der Waals surface area contributed by atoms with E-state index >= 15 is 0 Å². The molecule has 1 aliphatic heterocycles. The van der Waals surface area contributed by atoms with Crippen molar-refractivity contribution in [1.29, 1.82) is 5.41 Å². The molecule has 0 fully saturated rings. The van der Waals surface area contributed by atoms with Crippen molar-refractivity contribution in [3.05, 3.63) is 76.5 Å². The van der Waals surface area contributed by atoms with Gasteiger partial charge in [0.25, 0.3) is 0 Å². The van der Waals surface area contributed by atoms with Crippen molar-refractivity contribution in [2.75, 3.05) is 0 Å². The molecule has 2 heterocycles. The van der Waals surface area contributed by atoms with Crippen LogP contribution in [0.25, 0.3) is 5.69 Å². The third-order valence-electron chi connectivity index (χ3n) is 3.92. The molecule has 0 unspecified atom stereocenters. The smallest absolute Gasteiger partial charge is 0.227 e. The Balaban J connectivity index is 1.86. The number of hydrogen-bond donors (Lipinski definition) is 1. The highest BCUT2D eigenvalue weighted by Gasteiger charge is 2.25. The molecule has 8 heteroatoms. The number of aromatic nitrogens is 2. The Morgan fingerprint density at radius 2 is 1.72 bits per heavy atom. The molecule has 4 nitrogen and oxygen atoms in total. The van der Waals surface area contributed by atoms with Crippen LogP contribution in [0.5, 0.6) is 11.6 Å². The predicted molar refractivity (Wildman–Crippen MR) is 78.6 cm³/mol. The first-order valence-corrected chi connectivity index (χ1v) is 7.20. The standard InChI is InChI=1S/C17H9F4N3O/c18-8-1-2-14(13(21)3-8)24-7-23-17-11(16(24)22)6-10-12(20)4-9(19)5-15(10)25-17/h1-5,7,22H,6H2. The van der Waals surface area contributed by atoms with E-state index < -0.39 is 23.3 Å². The Hall–Kier alpha value is -3.16. The van der Waals surface area contributed by atoms with E-state index in [0.29, 0.717) is 6.07 Å². The first-order valence-electron chi connectivity index (χ1n) is 7.20. The van der Waals surface area contributed by atoms with Crippen LogP contribution in [0, 0.1) is 28.7 Å². The molecule has 0 aliphatic carbocycles. The van der Waals surface area contributed by atoms with Gasteiger partial charge in [-0.2, -0.15) is 0 Å². The van der Waals surface area contributed by atoms with E-state index in [2.05, 4.69) is 4.98 Å². The van der Waals surface area contributed by atoms with Crippen LogP contribution < -0.4 is 10.2 Å². The minimum absolute atomic E-state index is 0.0115. The van der Waals surface area contributed by atoms with Crippen LogP contribution in [0.3, 0.4) is 0 Å². The maximum Gasteiger partial charge on any atom is 0.227 e. The Kier molecular flexibility index (Phi) is 3.34. The number of fused-ring (bicyclic) bond motifs is 2. The molecule has 0 amide bonds. The fourth-order valence-corrected chi connectivity index (χ4v) is 2.72. The maximum absolute atomic E-state index is 14.0. The number of halogens is 4. The lowest BCUT2D eigenvalue weighted by Crippen LogP contribution is -2.27. The van der Waals surface area contributed by atoms with Crippen molar-refractivity contribution in [1.82, 2.24) is 9.55 Å². The van der Waals surface area contributed by atoms with Crippen LogP contribution in [-0.2, 0) is 6.42 Å². The molecule has 0 saturated heterocycles.